The number of para-hydroxylation sites is 1. The molecular weight excluding hydrogens is 220 g/mol. The normalized spacial score (nSPS) is 10.8. The van der Waals surface area contributed by atoms with Gasteiger partial charge in [-0.2, -0.15) is 8.42 Å². The third-order valence-electron chi connectivity index (χ3n) is 1.56. The Kier molecular flexibility index (Phi) is 3.24. The molecule has 82 valence electrons. The summed E-state index contributed by atoms with van der Waals surface area (Å²) in [4.78, 5) is 11.2. The molecule has 0 spiro atoms. The van der Waals surface area contributed by atoms with Crippen LogP contribution in [-0.2, 0) is 10.2 Å². The third kappa shape index (κ3) is 3.20. The first-order valence-electron chi connectivity index (χ1n) is 3.84. The van der Waals surface area contributed by atoms with E-state index in [2.05, 4.69) is 0 Å². The van der Waals surface area contributed by atoms with Gasteiger partial charge in [0.05, 0.1) is 11.3 Å². The molecule has 0 radical (unpaired) electrons. The Morgan fingerprint density at radius 2 is 1.87 bits per heavy atom. The summed E-state index contributed by atoms with van der Waals surface area (Å²) in [6.07, 6.45) is 0. The average molecular weight is 230 g/mol. The highest BCUT2D eigenvalue weighted by Gasteiger charge is 2.12. The summed E-state index contributed by atoms with van der Waals surface area (Å²) in [5, 5.41) is 4.78. The number of amides is 1. The fourth-order valence-corrected chi connectivity index (χ4v) is 1.49. The van der Waals surface area contributed by atoms with E-state index in [-0.39, 0.29) is 11.3 Å². The van der Waals surface area contributed by atoms with Crippen LogP contribution in [0.15, 0.2) is 24.3 Å². The lowest BCUT2D eigenvalue weighted by molar-refractivity contribution is 0.0954. The van der Waals surface area contributed by atoms with Crippen molar-refractivity contribution in [2.75, 3.05) is 4.72 Å². The molecule has 0 bridgehead atoms. The van der Waals surface area contributed by atoms with Gasteiger partial charge in [-0.15, -0.1) is 0 Å². The van der Waals surface area contributed by atoms with Crippen molar-refractivity contribution >= 4 is 21.8 Å². The monoisotopic (exact) mass is 230 g/mol. The molecule has 0 aromatic heterocycles. The first-order chi connectivity index (χ1) is 6.94. The zero-order chi connectivity index (χ0) is 11.5. The molecule has 0 heterocycles. The van der Waals surface area contributed by atoms with E-state index in [0.717, 1.165) is 0 Å². The summed E-state index contributed by atoms with van der Waals surface area (Å²) in [5.41, 5.74) is 2.06. The van der Waals surface area contributed by atoms with Crippen molar-refractivity contribution in [3.05, 3.63) is 29.8 Å². The van der Waals surface area contributed by atoms with Gasteiger partial charge in [0.15, 0.2) is 0 Å². The summed E-state index contributed by atoms with van der Waals surface area (Å²) < 4.78 is 23.5. The van der Waals surface area contributed by atoms with Gasteiger partial charge in [-0.3, -0.25) is 14.9 Å². The summed E-state index contributed by atoms with van der Waals surface area (Å²) in [5.74, 6) is 4.32. The number of anilines is 1. The molecule has 0 atom stereocenters. The van der Waals surface area contributed by atoms with Crippen molar-refractivity contribution in [2.24, 2.45) is 11.0 Å². The molecule has 7 nitrogen and oxygen atoms in total. The Morgan fingerprint density at radius 3 is 2.40 bits per heavy atom. The van der Waals surface area contributed by atoms with E-state index >= 15 is 0 Å². The summed E-state index contributed by atoms with van der Waals surface area (Å²) >= 11 is 0. The number of hydrazine groups is 1. The maximum Gasteiger partial charge on any atom is 0.296 e. The van der Waals surface area contributed by atoms with Gasteiger partial charge < -0.3 is 0 Å². The number of carbonyl (C=O) groups is 1. The van der Waals surface area contributed by atoms with Crippen molar-refractivity contribution in [1.29, 1.82) is 0 Å². The number of nitrogen functional groups attached to an aromatic ring is 1. The standard InChI is InChI=1S/C7H10N4O3S/c8-10-7(12)5-3-1-2-4-6(5)11-15(9,13)14/h1-4,11H,8H2,(H,10,12)(H2,9,13,14). The molecule has 0 saturated carbocycles. The third-order valence-corrected chi connectivity index (χ3v) is 2.06. The molecule has 0 fully saturated rings. The molecule has 8 heteroatoms. The van der Waals surface area contributed by atoms with Crippen molar-refractivity contribution in [1.82, 2.24) is 5.43 Å². The minimum atomic E-state index is -3.91. The van der Waals surface area contributed by atoms with E-state index in [1.165, 1.54) is 12.1 Å². The fourth-order valence-electron chi connectivity index (χ4n) is 1.00. The van der Waals surface area contributed by atoms with Gasteiger partial charge in [0, 0.05) is 0 Å². The Bertz CT molecular complexity index is 471. The maximum absolute atomic E-state index is 11.2. The first kappa shape index (κ1) is 11.4. The van der Waals surface area contributed by atoms with E-state index < -0.39 is 16.1 Å². The number of rotatable bonds is 3. The van der Waals surface area contributed by atoms with Gasteiger partial charge in [0.25, 0.3) is 16.1 Å². The van der Waals surface area contributed by atoms with Crippen LogP contribution in [-0.4, -0.2) is 14.3 Å². The smallest absolute Gasteiger partial charge is 0.290 e. The van der Waals surface area contributed by atoms with Crippen LogP contribution in [0.25, 0.3) is 0 Å². The number of carbonyl (C=O) groups excluding carboxylic acids is 1. The van der Waals surface area contributed by atoms with Gasteiger partial charge in [-0.25, -0.2) is 11.0 Å². The average Bonchev–Trinajstić information content (AvgIpc) is 2.15. The summed E-state index contributed by atoms with van der Waals surface area (Å²) in [6, 6.07) is 5.93. The minimum absolute atomic E-state index is 0.0722. The number of benzene rings is 1. The van der Waals surface area contributed by atoms with Crippen LogP contribution in [0.1, 0.15) is 10.4 Å². The van der Waals surface area contributed by atoms with Crippen molar-refractivity contribution in [3.63, 3.8) is 0 Å². The van der Waals surface area contributed by atoms with Crippen LogP contribution < -0.4 is 21.1 Å². The highest BCUT2D eigenvalue weighted by atomic mass is 32.2. The molecule has 1 rings (SSSR count). The molecule has 1 aromatic carbocycles. The topological polar surface area (TPSA) is 127 Å². The Labute approximate surface area is 86.6 Å². The SMILES string of the molecule is NNC(=O)c1ccccc1NS(N)(=O)=O. The van der Waals surface area contributed by atoms with Crippen molar-refractivity contribution in [2.45, 2.75) is 0 Å². The van der Waals surface area contributed by atoms with E-state index in [1.807, 2.05) is 10.1 Å². The largest absolute Gasteiger partial charge is 0.296 e. The minimum Gasteiger partial charge on any atom is -0.290 e. The molecule has 0 aliphatic heterocycles. The lowest BCUT2D eigenvalue weighted by atomic mass is 10.2. The number of nitrogens with two attached hydrogens (primary N) is 2. The molecule has 0 aliphatic rings. The molecule has 1 amide bonds. The van der Waals surface area contributed by atoms with E-state index in [0.29, 0.717) is 0 Å². The highest BCUT2D eigenvalue weighted by Crippen LogP contribution is 2.14. The maximum atomic E-state index is 11.2. The van der Waals surface area contributed by atoms with E-state index in [4.69, 9.17) is 11.0 Å². The summed E-state index contributed by atoms with van der Waals surface area (Å²) in [7, 11) is -3.91. The Morgan fingerprint density at radius 1 is 1.27 bits per heavy atom. The fraction of sp³-hybridized carbons (Fsp3) is 0. The van der Waals surface area contributed by atoms with Crippen LogP contribution in [0.4, 0.5) is 5.69 Å². The second-order valence-electron chi connectivity index (χ2n) is 2.67. The predicted molar refractivity (Wildman–Crippen MR) is 54.8 cm³/mol. The lowest BCUT2D eigenvalue weighted by Gasteiger charge is -2.08. The number of hydrogen-bond donors (Lipinski definition) is 4. The Balaban J connectivity index is 3.13. The van der Waals surface area contributed by atoms with Gasteiger partial charge in [0.1, 0.15) is 0 Å². The van der Waals surface area contributed by atoms with Gasteiger partial charge >= 0.3 is 0 Å². The van der Waals surface area contributed by atoms with Gasteiger partial charge in [-0.05, 0) is 12.1 Å². The molecular formula is C7H10N4O3S. The van der Waals surface area contributed by atoms with Crippen LogP contribution in [0.2, 0.25) is 0 Å². The van der Waals surface area contributed by atoms with Crippen molar-refractivity contribution < 1.29 is 13.2 Å². The van der Waals surface area contributed by atoms with Gasteiger partial charge in [0.2, 0.25) is 0 Å². The molecule has 0 unspecified atom stereocenters. The predicted octanol–water partition coefficient (Wildman–Crippen LogP) is -1.09. The Hall–Kier alpha value is -1.64. The van der Waals surface area contributed by atoms with Crippen LogP contribution in [0.3, 0.4) is 0 Å². The molecule has 0 aliphatic carbocycles. The van der Waals surface area contributed by atoms with Crippen molar-refractivity contribution in [3.8, 4) is 0 Å². The molecule has 1 aromatic rings. The van der Waals surface area contributed by atoms with Crippen LogP contribution >= 0.6 is 0 Å². The first-order valence-corrected chi connectivity index (χ1v) is 5.39. The lowest BCUT2D eigenvalue weighted by Crippen LogP contribution is -2.31. The zero-order valence-electron chi connectivity index (χ0n) is 7.60. The van der Waals surface area contributed by atoms with Gasteiger partial charge in [-0.1, -0.05) is 12.1 Å². The van der Waals surface area contributed by atoms with E-state index in [9.17, 15) is 13.2 Å². The van der Waals surface area contributed by atoms with E-state index in [1.54, 1.807) is 12.1 Å². The number of nitrogens with one attached hydrogen (secondary N) is 2. The molecule has 6 N–H and O–H groups in total. The van der Waals surface area contributed by atoms with Crippen LogP contribution in [0, 0.1) is 0 Å². The second kappa shape index (κ2) is 4.26. The van der Waals surface area contributed by atoms with Crippen LogP contribution in [0.5, 0.6) is 0 Å². The zero-order valence-corrected chi connectivity index (χ0v) is 8.41. The second-order valence-corrected chi connectivity index (χ2v) is 3.96. The summed E-state index contributed by atoms with van der Waals surface area (Å²) in [6.45, 7) is 0. The molecule has 0 saturated heterocycles. The highest BCUT2D eigenvalue weighted by molar-refractivity contribution is 7.90. The molecule has 15 heavy (non-hydrogen) atoms. The number of hydrogen-bond acceptors (Lipinski definition) is 4. The quantitative estimate of drug-likeness (QED) is 0.298.